The van der Waals surface area contributed by atoms with Gasteiger partial charge in [0, 0.05) is 31.9 Å². The summed E-state index contributed by atoms with van der Waals surface area (Å²) in [6.45, 7) is 5.76. The minimum absolute atomic E-state index is 0.0874. The predicted molar refractivity (Wildman–Crippen MR) is 82.3 cm³/mol. The maximum Gasteiger partial charge on any atom is 0.248 e. The fourth-order valence-corrected chi connectivity index (χ4v) is 4.49. The van der Waals surface area contributed by atoms with E-state index in [1.807, 2.05) is 21.0 Å². The van der Waals surface area contributed by atoms with E-state index in [0.29, 0.717) is 25.6 Å². The lowest BCUT2D eigenvalue weighted by Crippen LogP contribution is -2.35. The van der Waals surface area contributed by atoms with Crippen molar-refractivity contribution in [3.8, 4) is 0 Å². The van der Waals surface area contributed by atoms with Crippen LogP contribution in [0.5, 0.6) is 0 Å². The third kappa shape index (κ3) is 3.07. The summed E-state index contributed by atoms with van der Waals surface area (Å²) >= 11 is 0. The molecular weight excluding hydrogens is 290 g/mol. The first kappa shape index (κ1) is 16.3. The average Bonchev–Trinajstić information content (AvgIpc) is 2.94. The Morgan fingerprint density at radius 3 is 2.62 bits per heavy atom. The van der Waals surface area contributed by atoms with Crippen molar-refractivity contribution in [2.45, 2.75) is 37.8 Å². The molecular formula is C13H25N5O2S. The van der Waals surface area contributed by atoms with Gasteiger partial charge in [-0.2, -0.15) is 9.40 Å². The van der Waals surface area contributed by atoms with Gasteiger partial charge in [-0.05, 0) is 26.4 Å². The molecule has 21 heavy (non-hydrogen) atoms. The van der Waals surface area contributed by atoms with E-state index in [2.05, 4.69) is 16.9 Å². The quantitative estimate of drug-likeness (QED) is 0.852. The second kappa shape index (κ2) is 5.94. The maximum absolute atomic E-state index is 12.8. The molecule has 1 aromatic rings. The Hall–Kier alpha value is -1.12. The number of hydrogen-bond donors (Lipinski definition) is 1. The molecule has 0 aliphatic carbocycles. The van der Waals surface area contributed by atoms with Crippen LogP contribution in [0.15, 0.2) is 11.1 Å². The molecule has 0 aromatic carbocycles. The van der Waals surface area contributed by atoms with Crippen LogP contribution in [0.25, 0.3) is 0 Å². The van der Waals surface area contributed by atoms with Crippen LogP contribution < -0.4 is 5.73 Å². The summed E-state index contributed by atoms with van der Waals surface area (Å²) < 4.78 is 28.6. The highest BCUT2D eigenvalue weighted by Gasteiger charge is 2.39. The summed E-state index contributed by atoms with van der Waals surface area (Å²) in [6, 6.07) is 0.228. The van der Waals surface area contributed by atoms with Gasteiger partial charge in [0.25, 0.3) is 0 Å². The van der Waals surface area contributed by atoms with Crippen molar-refractivity contribution in [3.05, 3.63) is 6.20 Å². The summed E-state index contributed by atoms with van der Waals surface area (Å²) in [5, 5.41) is 4.09. The van der Waals surface area contributed by atoms with E-state index < -0.39 is 10.0 Å². The highest BCUT2D eigenvalue weighted by molar-refractivity contribution is 7.89. The van der Waals surface area contributed by atoms with Gasteiger partial charge in [0.15, 0.2) is 5.82 Å². The van der Waals surface area contributed by atoms with E-state index in [-0.39, 0.29) is 16.8 Å². The minimum Gasteiger partial charge on any atom is -0.381 e. The van der Waals surface area contributed by atoms with Crippen molar-refractivity contribution in [2.24, 2.45) is 5.92 Å². The first-order valence-corrected chi connectivity index (χ1v) is 8.70. The molecule has 1 aromatic heterocycles. The Bertz CT molecular complexity index is 596. The molecule has 2 unspecified atom stereocenters. The van der Waals surface area contributed by atoms with Crippen molar-refractivity contribution in [1.29, 1.82) is 0 Å². The zero-order chi connectivity index (χ0) is 15.8. The van der Waals surface area contributed by atoms with E-state index in [1.165, 1.54) is 4.31 Å². The first-order valence-electron chi connectivity index (χ1n) is 7.26. The van der Waals surface area contributed by atoms with E-state index in [4.69, 9.17) is 5.73 Å². The number of sulfonamides is 1. The fourth-order valence-electron chi connectivity index (χ4n) is 2.87. The van der Waals surface area contributed by atoms with Crippen molar-refractivity contribution in [1.82, 2.24) is 19.0 Å². The van der Waals surface area contributed by atoms with Crippen molar-refractivity contribution >= 4 is 15.8 Å². The molecule has 0 bridgehead atoms. The second-order valence-electron chi connectivity index (χ2n) is 5.97. The Morgan fingerprint density at radius 2 is 2.10 bits per heavy atom. The maximum atomic E-state index is 12.8. The van der Waals surface area contributed by atoms with Crippen LogP contribution in [-0.4, -0.2) is 60.6 Å². The van der Waals surface area contributed by atoms with Gasteiger partial charge in [-0.25, -0.2) is 8.42 Å². The summed E-state index contributed by atoms with van der Waals surface area (Å²) in [4.78, 5) is 2.20. The molecule has 0 amide bonds. The van der Waals surface area contributed by atoms with Gasteiger partial charge in [0.1, 0.15) is 4.90 Å². The van der Waals surface area contributed by atoms with Crippen LogP contribution in [0.4, 0.5) is 5.82 Å². The highest BCUT2D eigenvalue weighted by Crippen LogP contribution is 2.28. The monoisotopic (exact) mass is 315 g/mol. The lowest BCUT2D eigenvalue weighted by Gasteiger charge is -2.22. The Labute approximate surface area is 126 Å². The largest absolute Gasteiger partial charge is 0.381 e. The summed E-state index contributed by atoms with van der Waals surface area (Å²) in [5.74, 6) is 0.381. The zero-order valence-corrected chi connectivity index (χ0v) is 14.0. The number of hydrogen-bond acceptors (Lipinski definition) is 5. The topological polar surface area (TPSA) is 84.5 Å². The number of nitrogen functional groups attached to an aromatic ring is 1. The molecule has 0 radical (unpaired) electrons. The van der Waals surface area contributed by atoms with Gasteiger partial charge in [-0.15, -0.1) is 0 Å². The Kier molecular flexibility index (Phi) is 4.60. The van der Waals surface area contributed by atoms with Gasteiger partial charge in [-0.1, -0.05) is 13.8 Å². The molecule has 120 valence electrons. The lowest BCUT2D eigenvalue weighted by atomic mass is 10.1. The average molecular weight is 315 g/mol. The van der Waals surface area contributed by atoms with Crippen LogP contribution in [0, 0.1) is 5.92 Å². The van der Waals surface area contributed by atoms with Gasteiger partial charge in [0.2, 0.25) is 10.0 Å². The SMILES string of the molecule is CCCn1cc(S(=O)(=O)N2CC(C)C(N(C)C)C2)c(N)n1. The number of anilines is 1. The molecule has 2 atom stereocenters. The highest BCUT2D eigenvalue weighted by atomic mass is 32.2. The van der Waals surface area contributed by atoms with Crippen LogP contribution in [0.2, 0.25) is 0 Å². The van der Waals surface area contributed by atoms with Crippen LogP contribution in [0.1, 0.15) is 20.3 Å². The fraction of sp³-hybridized carbons (Fsp3) is 0.769. The molecule has 2 heterocycles. The summed E-state index contributed by atoms with van der Waals surface area (Å²) in [5.41, 5.74) is 5.81. The van der Waals surface area contributed by atoms with Gasteiger partial charge < -0.3 is 10.6 Å². The van der Waals surface area contributed by atoms with E-state index in [0.717, 1.165) is 6.42 Å². The van der Waals surface area contributed by atoms with E-state index in [9.17, 15) is 8.42 Å². The van der Waals surface area contributed by atoms with E-state index >= 15 is 0 Å². The number of aromatic nitrogens is 2. The smallest absolute Gasteiger partial charge is 0.248 e. The van der Waals surface area contributed by atoms with Gasteiger partial charge in [0.05, 0.1) is 0 Å². The molecule has 0 spiro atoms. The summed E-state index contributed by atoms with van der Waals surface area (Å²) in [6.07, 6.45) is 2.42. The Morgan fingerprint density at radius 1 is 1.43 bits per heavy atom. The predicted octanol–water partition coefficient (Wildman–Crippen LogP) is 0.446. The van der Waals surface area contributed by atoms with Gasteiger partial charge in [-0.3, -0.25) is 4.68 Å². The number of likely N-dealkylation sites (N-methyl/N-ethyl adjacent to an activating group) is 1. The third-order valence-electron chi connectivity index (χ3n) is 4.03. The third-order valence-corrected chi connectivity index (χ3v) is 5.88. The molecule has 1 saturated heterocycles. The molecule has 2 rings (SSSR count). The molecule has 7 nitrogen and oxygen atoms in total. The first-order chi connectivity index (χ1) is 9.77. The van der Waals surface area contributed by atoms with Crippen LogP contribution in [-0.2, 0) is 16.6 Å². The van der Waals surface area contributed by atoms with E-state index in [1.54, 1.807) is 10.9 Å². The number of nitrogens with two attached hydrogens (primary N) is 1. The zero-order valence-electron chi connectivity index (χ0n) is 13.2. The van der Waals surface area contributed by atoms with Crippen LogP contribution in [0.3, 0.4) is 0 Å². The molecule has 1 aliphatic rings. The molecule has 2 N–H and O–H groups in total. The van der Waals surface area contributed by atoms with Crippen LogP contribution >= 0.6 is 0 Å². The van der Waals surface area contributed by atoms with Gasteiger partial charge >= 0.3 is 0 Å². The van der Waals surface area contributed by atoms with Crippen molar-refractivity contribution in [3.63, 3.8) is 0 Å². The standard InChI is InChI=1S/C13H25N5O2S/c1-5-6-17-9-12(13(14)15-17)21(19,20)18-7-10(2)11(8-18)16(3)4/h9-11H,5-8H2,1-4H3,(H2,14,15). The number of nitrogens with zero attached hydrogens (tertiary/aromatic N) is 4. The molecule has 0 saturated carbocycles. The number of rotatable bonds is 5. The van der Waals surface area contributed by atoms with Crippen molar-refractivity contribution < 1.29 is 8.42 Å². The molecule has 8 heteroatoms. The normalized spacial score (nSPS) is 24.0. The lowest BCUT2D eigenvalue weighted by molar-refractivity contribution is 0.263. The number of aryl methyl sites for hydroxylation is 1. The molecule has 1 fully saturated rings. The molecule has 1 aliphatic heterocycles. The second-order valence-corrected chi connectivity index (χ2v) is 7.88. The minimum atomic E-state index is -3.57. The van der Waals surface area contributed by atoms with Crippen molar-refractivity contribution in [2.75, 3.05) is 32.9 Å². The Balaban J connectivity index is 2.27. The summed E-state index contributed by atoms with van der Waals surface area (Å²) in [7, 11) is 0.386.